The van der Waals surface area contributed by atoms with E-state index in [4.69, 9.17) is 4.74 Å². The van der Waals surface area contributed by atoms with Crippen LogP contribution < -0.4 is 4.74 Å². The Balaban J connectivity index is 1.68. The van der Waals surface area contributed by atoms with Gasteiger partial charge in [0.15, 0.2) is 0 Å². The molecule has 0 radical (unpaired) electrons. The summed E-state index contributed by atoms with van der Waals surface area (Å²) in [5.41, 5.74) is 1.32. The summed E-state index contributed by atoms with van der Waals surface area (Å²) in [5.74, 6) is 0.926. The summed E-state index contributed by atoms with van der Waals surface area (Å²) >= 11 is 1.52. The molecule has 20 heavy (non-hydrogen) atoms. The van der Waals surface area contributed by atoms with Crippen molar-refractivity contribution in [1.29, 1.82) is 0 Å². The van der Waals surface area contributed by atoms with Gasteiger partial charge in [0.2, 0.25) is 0 Å². The Bertz CT molecular complexity index is 482. The van der Waals surface area contributed by atoms with Gasteiger partial charge in [-0.1, -0.05) is 18.6 Å². The molecule has 0 aliphatic heterocycles. The number of rotatable bonds is 8. The Morgan fingerprint density at radius 3 is 2.70 bits per heavy atom. The molecule has 0 spiro atoms. The van der Waals surface area contributed by atoms with Gasteiger partial charge in [0.1, 0.15) is 16.9 Å². The first-order chi connectivity index (χ1) is 9.79. The highest BCUT2D eigenvalue weighted by atomic mass is 32.1. The Morgan fingerprint density at radius 1 is 1.25 bits per heavy atom. The number of aryl methyl sites for hydroxylation is 1. The zero-order valence-electron chi connectivity index (χ0n) is 11.8. The molecule has 0 bridgehead atoms. The molecule has 0 fully saturated rings. The van der Waals surface area contributed by atoms with E-state index in [1.165, 1.54) is 16.9 Å². The predicted molar refractivity (Wildman–Crippen MR) is 82.2 cm³/mol. The molecule has 4 heteroatoms. The third kappa shape index (κ3) is 4.62. The van der Waals surface area contributed by atoms with Crippen molar-refractivity contribution in [3.05, 3.63) is 46.4 Å². The minimum Gasteiger partial charge on any atom is -0.494 e. The molecule has 1 aromatic carbocycles. The van der Waals surface area contributed by atoms with Crippen LogP contribution in [0.3, 0.4) is 0 Å². The van der Waals surface area contributed by atoms with Crippen LogP contribution in [0.15, 0.2) is 35.8 Å². The highest BCUT2D eigenvalue weighted by Crippen LogP contribution is 2.21. The number of benzene rings is 1. The van der Waals surface area contributed by atoms with E-state index < -0.39 is 6.10 Å². The maximum absolute atomic E-state index is 9.93. The van der Waals surface area contributed by atoms with Gasteiger partial charge in [-0.15, -0.1) is 11.3 Å². The molecule has 1 unspecified atom stereocenters. The van der Waals surface area contributed by atoms with Crippen molar-refractivity contribution in [2.45, 2.75) is 38.7 Å². The lowest BCUT2D eigenvalue weighted by Gasteiger charge is -2.08. The number of aliphatic hydroxyl groups is 1. The van der Waals surface area contributed by atoms with Crippen molar-refractivity contribution in [3.8, 4) is 5.75 Å². The van der Waals surface area contributed by atoms with Crippen LogP contribution in [0.1, 0.15) is 42.9 Å². The van der Waals surface area contributed by atoms with E-state index in [1.54, 1.807) is 6.20 Å². The smallest absolute Gasteiger partial charge is 0.121 e. The normalized spacial score (nSPS) is 12.3. The molecule has 2 aromatic rings. The highest BCUT2D eigenvalue weighted by molar-refractivity contribution is 7.09. The number of aromatic nitrogens is 1. The fraction of sp³-hybridized carbons (Fsp3) is 0.438. The van der Waals surface area contributed by atoms with Crippen LogP contribution in [0.5, 0.6) is 5.75 Å². The summed E-state index contributed by atoms with van der Waals surface area (Å²) in [5, 5.41) is 12.7. The van der Waals surface area contributed by atoms with Crippen molar-refractivity contribution < 1.29 is 9.84 Å². The number of hydrogen-bond acceptors (Lipinski definition) is 4. The van der Waals surface area contributed by atoms with Crippen molar-refractivity contribution in [3.63, 3.8) is 0 Å². The summed E-state index contributed by atoms with van der Waals surface area (Å²) in [6.07, 6.45) is 5.24. The number of hydrogen-bond donors (Lipinski definition) is 1. The average Bonchev–Trinajstić information content (AvgIpc) is 3.00. The zero-order chi connectivity index (χ0) is 14.2. The van der Waals surface area contributed by atoms with Gasteiger partial charge in [-0.2, -0.15) is 0 Å². The quantitative estimate of drug-likeness (QED) is 0.748. The van der Waals surface area contributed by atoms with E-state index in [0.717, 1.165) is 36.4 Å². The topological polar surface area (TPSA) is 42.4 Å². The molecule has 0 saturated heterocycles. The first kappa shape index (κ1) is 15.0. The van der Waals surface area contributed by atoms with Gasteiger partial charge in [0, 0.05) is 11.6 Å². The van der Waals surface area contributed by atoms with Crippen molar-refractivity contribution in [2.24, 2.45) is 0 Å². The molecule has 3 nitrogen and oxygen atoms in total. The second-order valence-electron chi connectivity index (χ2n) is 4.71. The Kier molecular flexibility index (Phi) is 6.02. The van der Waals surface area contributed by atoms with Gasteiger partial charge in [0.05, 0.1) is 6.61 Å². The van der Waals surface area contributed by atoms with Crippen molar-refractivity contribution in [2.75, 3.05) is 6.61 Å². The highest BCUT2D eigenvalue weighted by Gasteiger charge is 2.09. The van der Waals surface area contributed by atoms with E-state index in [9.17, 15) is 5.11 Å². The zero-order valence-corrected chi connectivity index (χ0v) is 12.6. The third-order valence-electron chi connectivity index (χ3n) is 3.16. The number of nitrogens with zero attached hydrogens (tertiary/aromatic N) is 1. The molecule has 0 saturated carbocycles. The molecule has 2 rings (SSSR count). The van der Waals surface area contributed by atoms with E-state index >= 15 is 0 Å². The summed E-state index contributed by atoms with van der Waals surface area (Å²) in [7, 11) is 0. The maximum atomic E-state index is 9.93. The van der Waals surface area contributed by atoms with Gasteiger partial charge in [0.25, 0.3) is 0 Å². The van der Waals surface area contributed by atoms with Gasteiger partial charge in [-0.05, 0) is 43.9 Å². The number of ether oxygens (including phenoxy) is 1. The number of thiazole rings is 1. The second kappa shape index (κ2) is 8.02. The van der Waals surface area contributed by atoms with E-state index in [2.05, 4.69) is 17.1 Å². The largest absolute Gasteiger partial charge is 0.494 e. The maximum Gasteiger partial charge on any atom is 0.121 e. The van der Waals surface area contributed by atoms with Crippen molar-refractivity contribution >= 4 is 11.3 Å². The van der Waals surface area contributed by atoms with Gasteiger partial charge in [-0.25, -0.2) is 4.98 Å². The molecule has 1 N–H and O–H groups in total. The van der Waals surface area contributed by atoms with Crippen LogP contribution in [0.25, 0.3) is 0 Å². The van der Waals surface area contributed by atoms with E-state index in [0.29, 0.717) is 6.61 Å². The molecular weight excluding hydrogens is 270 g/mol. The van der Waals surface area contributed by atoms with Crippen LogP contribution in [0.2, 0.25) is 0 Å². The number of aliphatic hydroxyl groups excluding tert-OH is 1. The lowest BCUT2D eigenvalue weighted by Crippen LogP contribution is -1.97. The second-order valence-corrected chi connectivity index (χ2v) is 5.64. The monoisotopic (exact) mass is 291 g/mol. The van der Waals surface area contributed by atoms with Crippen LogP contribution in [-0.4, -0.2) is 16.7 Å². The molecule has 0 amide bonds. The Labute approximate surface area is 124 Å². The minimum atomic E-state index is -0.407. The summed E-state index contributed by atoms with van der Waals surface area (Å²) < 4.78 is 5.42. The molecule has 1 aromatic heterocycles. The molecule has 0 aliphatic rings. The van der Waals surface area contributed by atoms with E-state index in [-0.39, 0.29) is 0 Å². The molecule has 0 aliphatic carbocycles. The van der Waals surface area contributed by atoms with Gasteiger partial charge in [-0.3, -0.25) is 0 Å². The predicted octanol–water partition coefficient (Wildman–Crippen LogP) is 3.99. The first-order valence-electron chi connectivity index (χ1n) is 7.08. The Hall–Kier alpha value is -1.39. The standard InChI is InChI=1S/C16H21NO2S/c1-2-19-14-9-7-13(8-10-14)5-3-4-6-15(18)16-17-11-12-20-16/h7-12,15,18H,2-6H2,1H3. The third-order valence-corrected chi connectivity index (χ3v) is 4.04. The molecule has 1 atom stereocenters. The van der Waals surface area contributed by atoms with Crippen LogP contribution in [0.4, 0.5) is 0 Å². The first-order valence-corrected chi connectivity index (χ1v) is 7.96. The molecule has 1 heterocycles. The number of unbranched alkanes of at least 4 members (excludes halogenated alkanes) is 1. The minimum absolute atomic E-state index is 0.407. The SMILES string of the molecule is CCOc1ccc(CCCCC(O)c2nccs2)cc1. The summed E-state index contributed by atoms with van der Waals surface area (Å²) in [4.78, 5) is 4.13. The molecule has 108 valence electrons. The molecular formula is C16H21NO2S. The van der Waals surface area contributed by atoms with Crippen molar-refractivity contribution in [1.82, 2.24) is 4.98 Å². The Morgan fingerprint density at radius 2 is 2.05 bits per heavy atom. The van der Waals surface area contributed by atoms with Crippen LogP contribution in [0, 0.1) is 0 Å². The average molecular weight is 291 g/mol. The summed E-state index contributed by atoms with van der Waals surface area (Å²) in [6, 6.07) is 8.26. The lowest BCUT2D eigenvalue weighted by atomic mass is 10.1. The van der Waals surface area contributed by atoms with Gasteiger partial charge < -0.3 is 9.84 Å². The summed E-state index contributed by atoms with van der Waals surface area (Å²) in [6.45, 7) is 2.69. The van der Waals surface area contributed by atoms with Crippen LogP contribution >= 0.6 is 11.3 Å². The fourth-order valence-electron chi connectivity index (χ4n) is 2.11. The fourth-order valence-corrected chi connectivity index (χ4v) is 2.77. The lowest BCUT2D eigenvalue weighted by molar-refractivity contribution is 0.163. The van der Waals surface area contributed by atoms with Gasteiger partial charge >= 0.3 is 0 Å². The van der Waals surface area contributed by atoms with E-state index in [1.807, 2.05) is 24.4 Å². The van der Waals surface area contributed by atoms with Crippen LogP contribution in [-0.2, 0) is 6.42 Å².